The van der Waals surface area contributed by atoms with Crippen molar-refractivity contribution in [2.45, 2.75) is 26.3 Å². The number of aromatic nitrogens is 1. The van der Waals surface area contributed by atoms with Gasteiger partial charge in [-0.15, -0.1) is 11.3 Å². The van der Waals surface area contributed by atoms with Crippen LogP contribution in [0.3, 0.4) is 0 Å². The molecule has 0 fully saturated rings. The second-order valence-corrected chi connectivity index (χ2v) is 4.89. The average molecular weight is 263 g/mol. The molecule has 1 rings (SSSR count). The number of nitrogens with one attached hydrogen (secondary N) is 1. The average Bonchev–Trinajstić information content (AvgIpc) is 2.64. The summed E-state index contributed by atoms with van der Waals surface area (Å²) >= 11 is 7.20. The third kappa shape index (κ3) is 5.44. The summed E-state index contributed by atoms with van der Waals surface area (Å²) in [5.74, 6) is -0.137. The van der Waals surface area contributed by atoms with Crippen LogP contribution in [0.1, 0.15) is 24.8 Å². The first-order chi connectivity index (χ1) is 7.72. The highest BCUT2D eigenvalue weighted by atomic mass is 35.5. The number of nitrogens with zero attached hydrogens (tertiary/aromatic N) is 1. The van der Waals surface area contributed by atoms with Gasteiger partial charge in [-0.1, -0.05) is 11.6 Å². The molecule has 1 heterocycles. The zero-order chi connectivity index (χ0) is 11.8. The van der Waals surface area contributed by atoms with Gasteiger partial charge < -0.3 is 10.1 Å². The standard InChI is InChI=1S/C10H15ClN2O2S/c1-2-15-10(14)4-3-5-12-7-9-13-6-8(11)16-9/h6,12H,2-5,7H2,1H3. The fourth-order valence-corrected chi connectivity index (χ4v) is 2.08. The van der Waals surface area contributed by atoms with E-state index in [0.29, 0.717) is 23.9 Å². The van der Waals surface area contributed by atoms with E-state index in [2.05, 4.69) is 10.3 Å². The summed E-state index contributed by atoms with van der Waals surface area (Å²) in [6, 6.07) is 0. The lowest BCUT2D eigenvalue weighted by molar-refractivity contribution is -0.143. The van der Waals surface area contributed by atoms with Gasteiger partial charge in [0.2, 0.25) is 0 Å². The molecular weight excluding hydrogens is 248 g/mol. The van der Waals surface area contributed by atoms with Gasteiger partial charge in [0.05, 0.1) is 12.8 Å². The van der Waals surface area contributed by atoms with Crippen molar-refractivity contribution in [3.05, 3.63) is 15.5 Å². The SMILES string of the molecule is CCOC(=O)CCCNCc1ncc(Cl)s1. The Labute approximate surface area is 104 Å². The molecule has 0 aliphatic heterocycles. The number of carbonyl (C=O) groups excluding carboxylic acids is 1. The fraction of sp³-hybridized carbons (Fsp3) is 0.600. The molecule has 16 heavy (non-hydrogen) atoms. The van der Waals surface area contributed by atoms with Crippen LogP contribution in [0, 0.1) is 0 Å². The number of esters is 1. The molecule has 0 aromatic carbocycles. The van der Waals surface area contributed by atoms with Gasteiger partial charge in [-0.2, -0.15) is 0 Å². The minimum Gasteiger partial charge on any atom is -0.466 e. The quantitative estimate of drug-likeness (QED) is 0.605. The summed E-state index contributed by atoms with van der Waals surface area (Å²) in [6.45, 7) is 3.72. The van der Waals surface area contributed by atoms with Crippen LogP contribution in [-0.4, -0.2) is 24.1 Å². The van der Waals surface area contributed by atoms with Gasteiger partial charge in [-0.3, -0.25) is 4.79 Å². The molecule has 0 bridgehead atoms. The Morgan fingerprint density at radius 2 is 2.50 bits per heavy atom. The molecule has 0 atom stereocenters. The second kappa shape index (κ2) is 7.60. The van der Waals surface area contributed by atoms with Crippen LogP contribution < -0.4 is 5.32 Å². The van der Waals surface area contributed by atoms with E-state index in [0.717, 1.165) is 18.0 Å². The molecule has 90 valence electrons. The minimum atomic E-state index is -0.137. The maximum Gasteiger partial charge on any atom is 0.305 e. The van der Waals surface area contributed by atoms with Crippen LogP contribution in [0.2, 0.25) is 4.34 Å². The summed E-state index contributed by atoms with van der Waals surface area (Å²) in [5, 5.41) is 4.15. The highest BCUT2D eigenvalue weighted by molar-refractivity contribution is 7.15. The summed E-state index contributed by atoms with van der Waals surface area (Å²) in [7, 11) is 0. The lowest BCUT2D eigenvalue weighted by atomic mass is 10.3. The molecule has 0 radical (unpaired) electrons. The topological polar surface area (TPSA) is 51.2 Å². The van der Waals surface area contributed by atoms with Gasteiger partial charge in [0.25, 0.3) is 0 Å². The number of rotatable bonds is 7. The van der Waals surface area contributed by atoms with E-state index in [1.54, 1.807) is 6.20 Å². The van der Waals surface area contributed by atoms with Crippen LogP contribution in [0.5, 0.6) is 0 Å². The molecule has 0 aliphatic rings. The summed E-state index contributed by atoms with van der Waals surface area (Å²) < 4.78 is 5.51. The smallest absolute Gasteiger partial charge is 0.305 e. The molecule has 6 heteroatoms. The first kappa shape index (κ1) is 13.4. The normalized spacial score (nSPS) is 10.4. The lowest BCUT2D eigenvalue weighted by Gasteiger charge is -2.02. The van der Waals surface area contributed by atoms with Crippen molar-refractivity contribution in [1.29, 1.82) is 0 Å². The summed E-state index contributed by atoms with van der Waals surface area (Å²) in [5.41, 5.74) is 0. The monoisotopic (exact) mass is 262 g/mol. The maximum absolute atomic E-state index is 11.0. The Balaban J connectivity index is 2.02. The minimum absolute atomic E-state index is 0.137. The zero-order valence-corrected chi connectivity index (χ0v) is 10.7. The van der Waals surface area contributed by atoms with E-state index in [1.165, 1.54) is 11.3 Å². The van der Waals surface area contributed by atoms with Crippen LogP contribution >= 0.6 is 22.9 Å². The highest BCUT2D eigenvalue weighted by Gasteiger charge is 2.01. The highest BCUT2D eigenvalue weighted by Crippen LogP contribution is 2.17. The molecule has 0 amide bonds. The van der Waals surface area contributed by atoms with Crippen LogP contribution in [0.15, 0.2) is 6.20 Å². The fourth-order valence-electron chi connectivity index (χ4n) is 1.16. The molecule has 1 N–H and O–H groups in total. The van der Waals surface area contributed by atoms with Crippen molar-refractivity contribution in [1.82, 2.24) is 10.3 Å². The van der Waals surface area contributed by atoms with E-state index in [1.807, 2.05) is 6.92 Å². The van der Waals surface area contributed by atoms with Gasteiger partial charge in [0.15, 0.2) is 0 Å². The summed E-state index contributed by atoms with van der Waals surface area (Å²) in [6.07, 6.45) is 2.87. The van der Waals surface area contributed by atoms with Crippen molar-refractivity contribution in [2.75, 3.05) is 13.2 Å². The largest absolute Gasteiger partial charge is 0.466 e. The maximum atomic E-state index is 11.0. The molecule has 0 spiro atoms. The van der Waals surface area contributed by atoms with Crippen molar-refractivity contribution in [3.63, 3.8) is 0 Å². The van der Waals surface area contributed by atoms with Gasteiger partial charge in [0, 0.05) is 13.0 Å². The molecule has 0 saturated carbocycles. The van der Waals surface area contributed by atoms with Crippen molar-refractivity contribution in [3.8, 4) is 0 Å². The van der Waals surface area contributed by atoms with Crippen LogP contribution in [0.4, 0.5) is 0 Å². The molecule has 4 nitrogen and oxygen atoms in total. The number of halogens is 1. The van der Waals surface area contributed by atoms with Gasteiger partial charge >= 0.3 is 5.97 Å². The van der Waals surface area contributed by atoms with Crippen LogP contribution in [0.25, 0.3) is 0 Å². The zero-order valence-electron chi connectivity index (χ0n) is 9.16. The Morgan fingerprint density at radius 3 is 3.12 bits per heavy atom. The second-order valence-electron chi connectivity index (χ2n) is 3.14. The lowest BCUT2D eigenvalue weighted by Crippen LogP contribution is -2.16. The molecule has 0 aliphatic carbocycles. The third-order valence-electron chi connectivity index (χ3n) is 1.84. The summed E-state index contributed by atoms with van der Waals surface area (Å²) in [4.78, 5) is 15.1. The van der Waals surface area contributed by atoms with E-state index in [9.17, 15) is 4.79 Å². The molecule has 1 aromatic rings. The van der Waals surface area contributed by atoms with Gasteiger partial charge in [-0.25, -0.2) is 4.98 Å². The molecule has 1 aromatic heterocycles. The van der Waals surface area contributed by atoms with Crippen molar-refractivity contribution in [2.24, 2.45) is 0 Å². The molecule has 0 unspecified atom stereocenters. The number of hydrogen-bond donors (Lipinski definition) is 1. The Bertz CT molecular complexity index is 330. The number of hydrogen-bond acceptors (Lipinski definition) is 5. The first-order valence-corrected chi connectivity index (χ1v) is 6.38. The van der Waals surface area contributed by atoms with E-state index in [-0.39, 0.29) is 5.97 Å². The van der Waals surface area contributed by atoms with Crippen LogP contribution in [-0.2, 0) is 16.1 Å². The predicted molar refractivity (Wildman–Crippen MR) is 64.7 cm³/mol. The van der Waals surface area contributed by atoms with Crippen molar-refractivity contribution >= 4 is 28.9 Å². The number of ether oxygens (including phenoxy) is 1. The Kier molecular flexibility index (Phi) is 6.37. The number of thiazole rings is 1. The van der Waals surface area contributed by atoms with Gasteiger partial charge in [0.1, 0.15) is 9.34 Å². The molecule has 0 saturated heterocycles. The Morgan fingerprint density at radius 1 is 1.69 bits per heavy atom. The third-order valence-corrected chi connectivity index (χ3v) is 2.96. The van der Waals surface area contributed by atoms with Crippen molar-refractivity contribution < 1.29 is 9.53 Å². The number of carbonyl (C=O) groups is 1. The van der Waals surface area contributed by atoms with E-state index >= 15 is 0 Å². The van der Waals surface area contributed by atoms with E-state index in [4.69, 9.17) is 16.3 Å². The Hall–Kier alpha value is -0.650. The molecular formula is C10H15ClN2O2S. The first-order valence-electron chi connectivity index (χ1n) is 5.19. The van der Waals surface area contributed by atoms with Gasteiger partial charge in [-0.05, 0) is 19.9 Å². The van der Waals surface area contributed by atoms with E-state index < -0.39 is 0 Å². The predicted octanol–water partition coefficient (Wildman–Crippen LogP) is 2.23.